The molecule has 3 rings (SSSR count). The van der Waals surface area contributed by atoms with E-state index in [1.807, 2.05) is 6.92 Å². The molecule has 0 bridgehead atoms. The van der Waals surface area contributed by atoms with Crippen LogP contribution in [0.4, 0.5) is 11.6 Å². The standard InChI is InChI=1S/C16H20ClN7O2/c1-16(20)3-6-24(7-4-16)10-8-22-12(13(18)23-10)14(19)26-9-2-5-21-15(25)11(9)17/h2,5,8,19H,3-4,6-7,20H2,1H3,(H2,18,23)(H,21,25). The van der Waals surface area contributed by atoms with Crippen LogP contribution >= 0.6 is 11.6 Å². The molecule has 0 saturated carbocycles. The van der Waals surface area contributed by atoms with Crippen LogP contribution in [0.3, 0.4) is 0 Å². The fourth-order valence-electron chi connectivity index (χ4n) is 2.65. The molecule has 0 atom stereocenters. The van der Waals surface area contributed by atoms with Crippen molar-refractivity contribution in [1.82, 2.24) is 15.0 Å². The van der Waals surface area contributed by atoms with Crippen LogP contribution in [0.5, 0.6) is 5.75 Å². The van der Waals surface area contributed by atoms with Gasteiger partial charge in [0.25, 0.3) is 5.56 Å². The van der Waals surface area contributed by atoms with Gasteiger partial charge in [-0.2, -0.15) is 0 Å². The van der Waals surface area contributed by atoms with Gasteiger partial charge in [0.05, 0.1) is 6.20 Å². The molecule has 1 fully saturated rings. The van der Waals surface area contributed by atoms with E-state index in [4.69, 9.17) is 33.2 Å². The van der Waals surface area contributed by atoms with Crippen LogP contribution in [0.15, 0.2) is 23.3 Å². The number of nitrogens with zero attached hydrogens (tertiary/aromatic N) is 3. The van der Waals surface area contributed by atoms with Crippen molar-refractivity contribution in [3.8, 4) is 5.75 Å². The van der Waals surface area contributed by atoms with Crippen LogP contribution in [0.2, 0.25) is 5.02 Å². The zero-order valence-corrected chi connectivity index (χ0v) is 15.0. The molecule has 10 heteroatoms. The summed E-state index contributed by atoms with van der Waals surface area (Å²) in [5.74, 6) is 0.393. The molecule has 0 spiro atoms. The summed E-state index contributed by atoms with van der Waals surface area (Å²) in [6.45, 7) is 3.56. The average Bonchev–Trinajstić information content (AvgIpc) is 2.58. The molecule has 0 aliphatic carbocycles. The van der Waals surface area contributed by atoms with Gasteiger partial charge in [0.1, 0.15) is 10.8 Å². The lowest BCUT2D eigenvalue weighted by Crippen LogP contribution is -2.48. The summed E-state index contributed by atoms with van der Waals surface area (Å²) < 4.78 is 5.32. The maximum absolute atomic E-state index is 11.5. The first-order valence-electron chi connectivity index (χ1n) is 8.07. The van der Waals surface area contributed by atoms with Crippen molar-refractivity contribution in [2.24, 2.45) is 5.73 Å². The molecule has 9 nitrogen and oxygen atoms in total. The number of halogens is 1. The highest BCUT2D eigenvalue weighted by molar-refractivity contribution is 6.32. The third-order valence-electron chi connectivity index (χ3n) is 4.31. The highest BCUT2D eigenvalue weighted by Gasteiger charge is 2.27. The van der Waals surface area contributed by atoms with Crippen molar-refractivity contribution in [2.45, 2.75) is 25.3 Å². The number of ether oxygens (including phenoxy) is 1. The smallest absolute Gasteiger partial charge is 0.270 e. The van der Waals surface area contributed by atoms with Gasteiger partial charge in [0.15, 0.2) is 17.3 Å². The second kappa shape index (κ2) is 6.93. The fourth-order valence-corrected chi connectivity index (χ4v) is 2.80. The number of H-pyrrole nitrogens is 1. The van der Waals surface area contributed by atoms with E-state index in [0.29, 0.717) is 5.82 Å². The largest absolute Gasteiger partial charge is 0.435 e. The molecule has 1 aliphatic rings. The van der Waals surface area contributed by atoms with Crippen molar-refractivity contribution in [1.29, 1.82) is 5.41 Å². The van der Waals surface area contributed by atoms with Crippen LogP contribution in [-0.2, 0) is 0 Å². The Bertz CT molecular complexity index is 886. The second-order valence-corrected chi connectivity index (χ2v) is 6.90. The lowest BCUT2D eigenvalue weighted by atomic mass is 9.91. The molecule has 0 radical (unpaired) electrons. The molecular weight excluding hydrogens is 358 g/mol. The number of nitrogens with one attached hydrogen (secondary N) is 2. The minimum absolute atomic E-state index is 0.0453. The SMILES string of the molecule is CC1(N)CCN(c2cnc(C(=N)Oc3cc[nH]c(=O)c3Cl)c(N)n2)CC1. The Hall–Kier alpha value is -2.65. The first kappa shape index (κ1) is 18.2. The third-order valence-corrected chi connectivity index (χ3v) is 4.67. The zero-order valence-electron chi connectivity index (χ0n) is 14.3. The first-order valence-corrected chi connectivity index (χ1v) is 8.45. The molecule has 3 heterocycles. The number of hydrogen-bond acceptors (Lipinski definition) is 8. The predicted molar refractivity (Wildman–Crippen MR) is 100 cm³/mol. The quantitative estimate of drug-likeness (QED) is 0.462. The third kappa shape index (κ3) is 3.78. The van der Waals surface area contributed by atoms with E-state index in [2.05, 4.69) is 19.9 Å². The highest BCUT2D eigenvalue weighted by atomic mass is 35.5. The molecular formula is C16H20ClN7O2. The summed E-state index contributed by atoms with van der Waals surface area (Å²) in [5, 5.41) is 7.88. The van der Waals surface area contributed by atoms with Crippen LogP contribution in [0.25, 0.3) is 0 Å². The summed E-state index contributed by atoms with van der Waals surface area (Å²) in [6.07, 6.45) is 4.60. The van der Waals surface area contributed by atoms with Gasteiger partial charge < -0.3 is 26.1 Å². The van der Waals surface area contributed by atoms with E-state index in [0.717, 1.165) is 25.9 Å². The fraction of sp³-hybridized carbons (Fsp3) is 0.375. The maximum Gasteiger partial charge on any atom is 0.270 e. The van der Waals surface area contributed by atoms with Gasteiger partial charge in [-0.05, 0) is 25.8 Å². The molecule has 1 saturated heterocycles. The lowest BCUT2D eigenvalue weighted by molar-refractivity contribution is 0.363. The van der Waals surface area contributed by atoms with E-state index in [9.17, 15) is 4.79 Å². The highest BCUT2D eigenvalue weighted by Crippen LogP contribution is 2.25. The molecule has 0 unspecified atom stereocenters. The molecule has 0 amide bonds. The number of hydrogen-bond donors (Lipinski definition) is 4. The number of aromatic amines is 1. The summed E-state index contributed by atoms with van der Waals surface area (Å²) in [4.78, 5) is 24.5. The Balaban J connectivity index is 1.76. The Kier molecular flexibility index (Phi) is 4.84. The monoisotopic (exact) mass is 377 g/mol. The van der Waals surface area contributed by atoms with Gasteiger partial charge in [-0.25, -0.2) is 9.97 Å². The van der Waals surface area contributed by atoms with Crippen LogP contribution < -0.4 is 26.7 Å². The number of nitrogens with two attached hydrogens (primary N) is 2. The molecule has 1 aliphatic heterocycles. The van der Waals surface area contributed by atoms with Crippen molar-refractivity contribution in [3.05, 3.63) is 39.5 Å². The van der Waals surface area contributed by atoms with E-state index < -0.39 is 5.56 Å². The Morgan fingerprint density at radius 2 is 2.15 bits per heavy atom. The minimum atomic E-state index is -0.511. The zero-order chi connectivity index (χ0) is 18.9. The summed E-state index contributed by atoms with van der Waals surface area (Å²) in [5.41, 5.74) is 11.5. The van der Waals surface area contributed by atoms with Gasteiger partial charge in [0, 0.05) is 24.8 Å². The molecule has 26 heavy (non-hydrogen) atoms. The summed E-state index contributed by atoms with van der Waals surface area (Å²) in [7, 11) is 0. The van der Waals surface area contributed by atoms with E-state index >= 15 is 0 Å². The van der Waals surface area contributed by atoms with Crippen LogP contribution in [0.1, 0.15) is 25.5 Å². The topological polar surface area (TPSA) is 147 Å². The summed E-state index contributed by atoms with van der Waals surface area (Å²) in [6, 6.07) is 1.44. The van der Waals surface area contributed by atoms with E-state index in [-0.39, 0.29) is 33.7 Å². The van der Waals surface area contributed by atoms with Gasteiger partial charge in [-0.1, -0.05) is 11.6 Å². The van der Waals surface area contributed by atoms with Crippen molar-refractivity contribution in [3.63, 3.8) is 0 Å². The average molecular weight is 378 g/mol. The molecule has 138 valence electrons. The Morgan fingerprint density at radius 3 is 2.81 bits per heavy atom. The Morgan fingerprint density at radius 1 is 1.46 bits per heavy atom. The number of piperidine rings is 1. The van der Waals surface area contributed by atoms with Gasteiger partial charge in [-0.15, -0.1) is 0 Å². The number of pyridine rings is 1. The van der Waals surface area contributed by atoms with Crippen LogP contribution in [-0.4, -0.2) is 39.5 Å². The normalized spacial score (nSPS) is 16.3. The minimum Gasteiger partial charge on any atom is -0.435 e. The predicted octanol–water partition coefficient (Wildman–Crippen LogP) is 1.12. The number of rotatable bonds is 3. The number of anilines is 2. The summed E-state index contributed by atoms with van der Waals surface area (Å²) >= 11 is 5.86. The number of nitrogen functional groups attached to an aromatic ring is 1. The second-order valence-electron chi connectivity index (χ2n) is 6.52. The van der Waals surface area contributed by atoms with Crippen molar-refractivity contribution in [2.75, 3.05) is 23.7 Å². The number of aromatic nitrogens is 3. The van der Waals surface area contributed by atoms with E-state index in [1.165, 1.54) is 12.3 Å². The molecule has 2 aromatic rings. The first-order chi connectivity index (χ1) is 12.3. The van der Waals surface area contributed by atoms with Gasteiger partial charge >= 0.3 is 0 Å². The van der Waals surface area contributed by atoms with Crippen molar-refractivity contribution < 1.29 is 4.74 Å². The Labute approximate surface area is 154 Å². The van der Waals surface area contributed by atoms with Crippen LogP contribution in [0, 0.1) is 5.41 Å². The van der Waals surface area contributed by atoms with Crippen molar-refractivity contribution >= 4 is 29.1 Å². The van der Waals surface area contributed by atoms with Gasteiger partial charge in [0.2, 0.25) is 5.90 Å². The van der Waals surface area contributed by atoms with Gasteiger partial charge in [-0.3, -0.25) is 10.2 Å². The lowest BCUT2D eigenvalue weighted by Gasteiger charge is -2.37. The maximum atomic E-state index is 11.5. The van der Waals surface area contributed by atoms with E-state index in [1.54, 1.807) is 6.20 Å². The molecule has 6 N–H and O–H groups in total. The molecule has 0 aromatic carbocycles. The molecule has 2 aromatic heterocycles.